The summed E-state index contributed by atoms with van der Waals surface area (Å²) >= 11 is 3.43. The minimum atomic E-state index is 0.289. The van der Waals surface area contributed by atoms with Crippen LogP contribution in [-0.4, -0.2) is 12.1 Å². The van der Waals surface area contributed by atoms with Gasteiger partial charge in [0.2, 0.25) is 5.89 Å². The summed E-state index contributed by atoms with van der Waals surface area (Å²) in [6, 6.07) is 5.75. The van der Waals surface area contributed by atoms with Gasteiger partial charge in [0.25, 0.3) is 0 Å². The Morgan fingerprint density at radius 3 is 2.82 bits per heavy atom. The second-order valence-electron chi connectivity index (χ2n) is 3.56. The molecule has 17 heavy (non-hydrogen) atoms. The third kappa shape index (κ3) is 2.35. The van der Waals surface area contributed by atoms with Crippen LogP contribution in [0.25, 0.3) is 11.3 Å². The topological polar surface area (TPSA) is 61.3 Å². The largest absolute Gasteiger partial charge is 0.496 e. The lowest BCUT2D eigenvalue weighted by atomic mass is 10.1. The van der Waals surface area contributed by atoms with Gasteiger partial charge in [0.15, 0.2) is 0 Å². The van der Waals surface area contributed by atoms with Crippen molar-refractivity contribution < 1.29 is 9.15 Å². The van der Waals surface area contributed by atoms with Crippen molar-refractivity contribution in [2.24, 2.45) is 5.73 Å². The molecular formula is C12H13BrN2O2. The van der Waals surface area contributed by atoms with Crippen molar-refractivity contribution >= 4 is 15.9 Å². The summed E-state index contributed by atoms with van der Waals surface area (Å²) in [5.41, 5.74) is 7.17. The van der Waals surface area contributed by atoms with Gasteiger partial charge in [-0.25, -0.2) is 4.98 Å². The fraction of sp³-hybridized carbons (Fsp3) is 0.250. The first-order valence-electron chi connectivity index (χ1n) is 5.16. The van der Waals surface area contributed by atoms with Crippen molar-refractivity contribution in [3.63, 3.8) is 0 Å². The Bertz CT molecular complexity index is 537. The minimum absolute atomic E-state index is 0.289. The fourth-order valence-corrected chi connectivity index (χ4v) is 2.01. The molecule has 0 saturated carbocycles. The molecule has 1 aromatic carbocycles. The molecule has 0 unspecified atom stereocenters. The molecule has 5 heteroatoms. The summed E-state index contributed by atoms with van der Waals surface area (Å²) in [7, 11) is 1.63. The third-order valence-corrected chi connectivity index (χ3v) is 2.93. The van der Waals surface area contributed by atoms with Gasteiger partial charge in [-0.15, -0.1) is 0 Å². The molecule has 0 aliphatic heterocycles. The van der Waals surface area contributed by atoms with E-state index in [4.69, 9.17) is 14.9 Å². The highest BCUT2D eigenvalue weighted by Crippen LogP contribution is 2.34. The van der Waals surface area contributed by atoms with E-state index in [-0.39, 0.29) is 6.54 Å². The molecule has 2 aromatic rings. The summed E-state index contributed by atoms with van der Waals surface area (Å²) in [5.74, 6) is 2.02. The maximum Gasteiger partial charge on any atom is 0.208 e. The molecule has 0 amide bonds. The van der Waals surface area contributed by atoms with Crippen LogP contribution in [-0.2, 0) is 6.54 Å². The molecule has 0 aliphatic carbocycles. The van der Waals surface area contributed by atoms with E-state index >= 15 is 0 Å². The normalized spacial score (nSPS) is 10.6. The van der Waals surface area contributed by atoms with E-state index in [9.17, 15) is 0 Å². The second-order valence-corrected chi connectivity index (χ2v) is 4.48. The van der Waals surface area contributed by atoms with Crippen LogP contribution in [0.15, 0.2) is 27.1 Å². The van der Waals surface area contributed by atoms with E-state index in [2.05, 4.69) is 20.9 Å². The van der Waals surface area contributed by atoms with Gasteiger partial charge in [-0.1, -0.05) is 15.9 Å². The number of aromatic nitrogens is 1. The number of rotatable bonds is 3. The van der Waals surface area contributed by atoms with Gasteiger partial charge in [-0.2, -0.15) is 0 Å². The van der Waals surface area contributed by atoms with Crippen molar-refractivity contribution in [1.29, 1.82) is 0 Å². The van der Waals surface area contributed by atoms with Crippen LogP contribution in [0.3, 0.4) is 0 Å². The molecule has 0 bridgehead atoms. The Morgan fingerprint density at radius 1 is 1.47 bits per heavy atom. The van der Waals surface area contributed by atoms with E-state index < -0.39 is 0 Å². The zero-order chi connectivity index (χ0) is 12.4. The van der Waals surface area contributed by atoms with Gasteiger partial charge in [0.1, 0.15) is 17.2 Å². The lowest BCUT2D eigenvalue weighted by molar-refractivity contribution is 0.416. The number of hydrogen-bond donors (Lipinski definition) is 1. The van der Waals surface area contributed by atoms with E-state index in [1.807, 2.05) is 25.1 Å². The predicted octanol–water partition coefficient (Wildman–Crippen LogP) is 2.88. The van der Waals surface area contributed by atoms with Crippen LogP contribution < -0.4 is 10.5 Å². The van der Waals surface area contributed by atoms with Crippen LogP contribution in [0.4, 0.5) is 0 Å². The molecule has 90 valence electrons. The van der Waals surface area contributed by atoms with Crippen LogP contribution >= 0.6 is 15.9 Å². The number of ether oxygens (including phenoxy) is 1. The first-order chi connectivity index (χ1) is 8.15. The number of methoxy groups -OCH3 is 1. The van der Waals surface area contributed by atoms with Crippen LogP contribution in [0, 0.1) is 6.92 Å². The summed E-state index contributed by atoms with van der Waals surface area (Å²) < 4.78 is 11.7. The Labute approximate surface area is 108 Å². The lowest BCUT2D eigenvalue weighted by Gasteiger charge is -2.06. The molecule has 0 atom stereocenters. The molecule has 1 heterocycles. The molecule has 1 aromatic heterocycles. The third-order valence-electron chi connectivity index (χ3n) is 2.43. The number of nitrogens with zero attached hydrogens (tertiary/aromatic N) is 1. The molecule has 2 N–H and O–H groups in total. The maximum absolute atomic E-state index is 5.51. The quantitative estimate of drug-likeness (QED) is 0.946. The Balaban J connectivity index is 2.58. The predicted molar refractivity (Wildman–Crippen MR) is 68.8 cm³/mol. The molecule has 2 rings (SSSR count). The van der Waals surface area contributed by atoms with Gasteiger partial charge >= 0.3 is 0 Å². The summed E-state index contributed by atoms with van der Waals surface area (Å²) in [6.07, 6.45) is 0. The van der Waals surface area contributed by atoms with Crippen LogP contribution in [0.2, 0.25) is 0 Å². The average Bonchev–Trinajstić information content (AvgIpc) is 2.70. The number of oxazole rings is 1. The molecule has 0 fully saturated rings. The minimum Gasteiger partial charge on any atom is -0.496 e. The zero-order valence-electron chi connectivity index (χ0n) is 9.66. The average molecular weight is 297 g/mol. The SMILES string of the molecule is COc1ccc(Br)cc1-c1nc(CN)oc1C. The Kier molecular flexibility index (Phi) is 3.49. The number of aryl methyl sites for hydroxylation is 1. The van der Waals surface area contributed by atoms with Crippen LogP contribution in [0.5, 0.6) is 5.75 Å². The van der Waals surface area contributed by atoms with E-state index in [1.54, 1.807) is 7.11 Å². The molecule has 0 saturated heterocycles. The van der Waals surface area contributed by atoms with Gasteiger partial charge in [-0.3, -0.25) is 0 Å². The van der Waals surface area contributed by atoms with E-state index in [0.717, 1.165) is 27.2 Å². The highest BCUT2D eigenvalue weighted by Gasteiger charge is 2.15. The number of benzene rings is 1. The Hall–Kier alpha value is -1.33. The van der Waals surface area contributed by atoms with E-state index in [0.29, 0.717) is 5.89 Å². The highest BCUT2D eigenvalue weighted by molar-refractivity contribution is 9.10. The zero-order valence-corrected chi connectivity index (χ0v) is 11.2. The van der Waals surface area contributed by atoms with Gasteiger partial charge < -0.3 is 14.9 Å². The van der Waals surface area contributed by atoms with Gasteiger partial charge in [-0.05, 0) is 25.1 Å². The van der Waals surface area contributed by atoms with Crippen molar-refractivity contribution in [2.45, 2.75) is 13.5 Å². The fourth-order valence-electron chi connectivity index (χ4n) is 1.65. The molecule has 0 aliphatic rings. The van der Waals surface area contributed by atoms with Crippen molar-refractivity contribution in [1.82, 2.24) is 4.98 Å². The summed E-state index contributed by atoms with van der Waals surface area (Å²) in [5, 5.41) is 0. The summed E-state index contributed by atoms with van der Waals surface area (Å²) in [6.45, 7) is 2.15. The standard InChI is InChI=1S/C12H13BrN2O2/c1-7-12(15-11(6-14)17-7)9-5-8(13)3-4-10(9)16-2/h3-5H,6,14H2,1-2H3. The van der Waals surface area contributed by atoms with Gasteiger partial charge in [0, 0.05) is 10.0 Å². The molecule has 4 nitrogen and oxygen atoms in total. The lowest BCUT2D eigenvalue weighted by Crippen LogP contribution is -1.96. The second kappa shape index (κ2) is 4.89. The van der Waals surface area contributed by atoms with Crippen molar-refractivity contribution in [3.8, 4) is 17.0 Å². The number of nitrogens with two attached hydrogens (primary N) is 1. The first kappa shape index (κ1) is 12.1. The monoisotopic (exact) mass is 296 g/mol. The highest BCUT2D eigenvalue weighted by atomic mass is 79.9. The van der Waals surface area contributed by atoms with Crippen LogP contribution in [0.1, 0.15) is 11.7 Å². The molecule has 0 radical (unpaired) electrons. The Morgan fingerprint density at radius 2 is 2.24 bits per heavy atom. The number of halogens is 1. The van der Waals surface area contributed by atoms with E-state index in [1.165, 1.54) is 0 Å². The smallest absolute Gasteiger partial charge is 0.208 e. The maximum atomic E-state index is 5.51. The number of hydrogen-bond acceptors (Lipinski definition) is 4. The first-order valence-corrected chi connectivity index (χ1v) is 5.95. The van der Waals surface area contributed by atoms with Crippen molar-refractivity contribution in [3.05, 3.63) is 34.3 Å². The van der Waals surface area contributed by atoms with Gasteiger partial charge in [0.05, 0.1) is 13.7 Å². The summed E-state index contributed by atoms with van der Waals surface area (Å²) in [4.78, 5) is 4.36. The van der Waals surface area contributed by atoms with Crippen molar-refractivity contribution in [2.75, 3.05) is 7.11 Å². The molecular weight excluding hydrogens is 284 g/mol. The molecule has 0 spiro atoms.